The summed E-state index contributed by atoms with van der Waals surface area (Å²) in [7, 11) is 6.70. The Morgan fingerprint density at radius 3 is 2.57 bits per heavy atom. The molecular weight excluding hydrogens is 310 g/mol. The predicted molar refractivity (Wildman–Crippen MR) is 78.4 cm³/mol. The number of hydrogen-bond donors (Lipinski definition) is 2. The topological polar surface area (TPSA) is 63.2 Å². The van der Waals surface area contributed by atoms with Gasteiger partial charge in [-0.25, -0.2) is 23.6 Å². The van der Waals surface area contributed by atoms with Gasteiger partial charge in [0.25, 0.3) is 5.91 Å². The smallest absolute Gasteiger partial charge is 0.277 e. The molecule has 0 aliphatic rings. The van der Waals surface area contributed by atoms with Crippen LogP contribution >= 0.6 is 0 Å². The van der Waals surface area contributed by atoms with Crippen molar-refractivity contribution in [3.63, 3.8) is 0 Å². The average molecular weight is 321 g/mol. The Hall–Kier alpha value is -2.55. The van der Waals surface area contributed by atoms with Crippen LogP contribution in [0.2, 0.25) is 0 Å². The zero-order chi connectivity index (χ0) is 17.1. The zero-order valence-corrected chi connectivity index (χ0v) is 12.2. The minimum atomic E-state index is -1.71. The number of hydrogen-bond acceptors (Lipinski definition) is 4. The molecule has 0 aliphatic carbocycles. The lowest BCUT2D eigenvalue weighted by Gasteiger charge is -2.14. The van der Waals surface area contributed by atoms with E-state index in [0.717, 1.165) is 7.11 Å². The van der Waals surface area contributed by atoms with Crippen LogP contribution in [0.1, 0.15) is 15.9 Å². The highest BCUT2D eigenvalue weighted by Gasteiger charge is 2.23. The number of carbonyl (C=O) groups is 1. The van der Waals surface area contributed by atoms with Crippen LogP contribution in [-0.4, -0.2) is 25.8 Å². The van der Waals surface area contributed by atoms with Crippen LogP contribution in [0.15, 0.2) is 18.3 Å². The Kier molecular flexibility index (Phi) is 4.90. The molecule has 0 aliphatic heterocycles. The van der Waals surface area contributed by atoms with Gasteiger partial charge in [-0.1, -0.05) is 11.5 Å². The zero-order valence-electron chi connectivity index (χ0n) is 12.2. The number of pyridine rings is 1. The van der Waals surface area contributed by atoms with Gasteiger partial charge in [-0.15, -0.1) is 0 Å². The third kappa shape index (κ3) is 3.45. The predicted octanol–water partition coefficient (Wildman–Crippen LogP) is 1.64. The molecule has 1 heterocycles. The Morgan fingerprint density at radius 1 is 1.26 bits per heavy atom. The van der Waals surface area contributed by atoms with Crippen LogP contribution in [0.3, 0.4) is 0 Å². The van der Waals surface area contributed by atoms with Crippen LogP contribution in [0, 0.1) is 24.4 Å². The van der Waals surface area contributed by atoms with Crippen molar-refractivity contribution in [2.75, 3.05) is 12.4 Å². The molecule has 1 aromatic heterocycles. The lowest BCUT2D eigenvalue weighted by molar-refractivity contribution is 0.0537. The second-order valence-electron chi connectivity index (χ2n) is 4.60. The molecule has 0 atom stereocenters. The molecule has 2 radical (unpaired) electrons. The van der Waals surface area contributed by atoms with Crippen molar-refractivity contribution >= 4 is 30.7 Å². The normalized spacial score (nSPS) is 10.5. The van der Waals surface area contributed by atoms with Crippen molar-refractivity contribution in [3.8, 4) is 0 Å². The highest BCUT2D eigenvalue weighted by atomic mass is 19.2. The SMILES string of the molecule is [B]c1cnc(Nc2c(C(=O)NOC)cc(F)c(F)c2F)c(C)c1. The van der Waals surface area contributed by atoms with E-state index in [4.69, 9.17) is 7.85 Å². The van der Waals surface area contributed by atoms with Gasteiger partial charge in [0.2, 0.25) is 0 Å². The first-order valence-electron chi connectivity index (χ1n) is 6.35. The molecule has 2 rings (SSSR count). The van der Waals surface area contributed by atoms with Gasteiger partial charge in [-0.3, -0.25) is 9.63 Å². The van der Waals surface area contributed by atoms with E-state index in [0.29, 0.717) is 17.1 Å². The van der Waals surface area contributed by atoms with Gasteiger partial charge >= 0.3 is 0 Å². The van der Waals surface area contributed by atoms with Crippen molar-refractivity contribution in [2.24, 2.45) is 0 Å². The highest BCUT2D eigenvalue weighted by molar-refractivity contribution is 6.32. The summed E-state index contributed by atoms with van der Waals surface area (Å²) in [4.78, 5) is 20.2. The van der Waals surface area contributed by atoms with Gasteiger partial charge in [0.1, 0.15) is 13.7 Å². The number of nitrogens with zero attached hydrogens (tertiary/aromatic N) is 1. The van der Waals surface area contributed by atoms with Crippen LogP contribution in [0.25, 0.3) is 0 Å². The molecule has 0 bridgehead atoms. The Bertz CT molecular complexity index is 771. The van der Waals surface area contributed by atoms with E-state index in [1.807, 2.05) is 5.48 Å². The third-order valence-corrected chi connectivity index (χ3v) is 2.94. The molecule has 9 heteroatoms. The first-order valence-corrected chi connectivity index (χ1v) is 6.35. The summed E-state index contributed by atoms with van der Waals surface area (Å²) in [6, 6.07) is 2.10. The second-order valence-corrected chi connectivity index (χ2v) is 4.60. The van der Waals surface area contributed by atoms with E-state index < -0.39 is 34.6 Å². The fourth-order valence-corrected chi connectivity index (χ4v) is 1.89. The monoisotopic (exact) mass is 321 g/mol. The van der Waals surface area contributed by atoms with E-state index in [2.05, 4.69) is 15.1 Å². The Morgan fingerprint density at radius 2 is 1.96 bits per heavy atom. The van der Waals surface area contributed by atoms with Crippen LogP contribution in [0.4, 0.5) is 24.7 Å². The van der Waals surface area contributed by atoms with Crippen molar-refractivity contribution in [1.82, 2.24) is 10.5 Å². The maximum Gasteiger partial charge on any atom is 0.277 e. The summed E-state index contributed by atoms with van der Waals surface area (Å²) in [5.74, 6) is -5.59. The van der Waals surface area contributed by atoms with E-state index in [1.165, 1.54) is 6.20 Å². The van der Waals surface area contributed by atoms with E-state index in [9.17, 15) is 18.0 Å². The van der Waals surface area contributed by atoms with Crippen molar-refractivity contribution in [1.29, 1.82) is 0 Å². The quantitative estimate of drug-likeness (QED) is 0.510. The van der Waals surface area contributed by atoms with Crippen molar-refractivity contribution in [3.05, 3.63) is 46.9 Å². The summed E-state index contributed by atoms with van der Waals surface area (Å²) in [6.07, 6.45) is 1.29. The molecular formula is C14H11BF3N3O2. The molecule has 1 aromatic carbocycles. The van der Waals surface area contributed by atoms with Gasteiger partial charge in [-0.05, 0) is 18.6 Å². The van der Waals surface area contributed by atoms with Crippen LogP contribution in [0.5, 0.6) is 0 Å². The van der Waals surface area contributed by atoms with E-state index in [-0.39, 0.29) is 5.82 Å². The molecule has 2 N–H and O–H groups in total. The standard InChI is InChI=1S/C14H11BF3N3O2/c1-6-3-7(15)5-19-13(6)20-12-8(14(22)21-23-2)4-9(16)10(17)11(12)18/h3-5H,1-2H3,(H,19,20)(H,21,22). The molecule has 0 fully saturated rings. The molecule has 0 saturated heterocycles. The van der Waals surface area contributed by atoms with Crippen LogP contribution < -0.4 is 16.3 Å². The van der Waals surface area contributed by atoms with Crippen molar-refractivity contribution < 1.29 is 22.8 Å². The van der Waals surface area contributed by atoms with Gasteiger partial charge in [0.05, 0.1) is 18.4 Å². The fraction of sp³-hybridized carbons (Fsp3) is 0.143. The number of amides is 1. The van der Waals surface area contributed by atoms with Gasteiger partial charge in [0.15, 0.2) is 17.5 Å². The Labute approximate surface area is 131 Å². The highest BCUT2D eigenvalue weighted by Crippen LogP contribution is 2.28. The molecule has 2 aromatic rings. The molecule has 23 heavy (non-hydrogen) atoms. The van der Waals surface area contributed by atoms with Crippen LogP contribution in [-0.2, 0) is 4.84 Å². The number of benzene rings is 1. The lowest BCUT2D eigenvalue weighted by Crippen LogP contribution is -2.24. The molecule has 118 valence electrons. The number of carbonyl (C=O) groups excluding carboxylic acids is 1. The number of aromatic nitrogens is 1. The first kappa shape index (κ1) is 16.8. The average Bonchev–Trinajstić information content (AvgIpc) is 2.50. The second kappa shape index (κ2) is 6.70. The minimum absolute atomic E-state index is 0.135. The minimum Gasteiger partial charge on any atom is -0.337 e. The summed E-state index contributed by atoms with van der Waals surface area (Å²) in [5, 5.41) is 2.48. The summed E-state index contributed by atoms with van der Waals surface area (Å²) >= 11 is 0. The molecule has 0 spiro atoms. The number of rotatable bonds is 4. The number of nitrogens with one attached hydrogen (secondary N) is 2. The summed E-state index contributed by atoms with van der Waals surface area (Å²) in [6.45, 7) is 1.62. The fourth-order valence-electron chi connectivity index (χ4n) is 1.89. The third-order valence-electron chi connectivity index (χ3n) is 2.94. The number of hydroxylamine groups is 1. The van der Waals surface area contributed by atoms with Gasteiger partial charge < -0.3 is 5.32 Å². The maximum atomic E-state index is 14.1. The molecule has 5 nitrogen and oxygen atoms in total. The van der Waals surface area contributed by atoms with Gasteiger partial charge in [0, 0.05) is 6.20 Å². The Balaban J connectivity index is 2.55. The van der Waals surface area contributed by atoms with Crippen molar-refractivity contribution in [2.45, 2.75) is 6.92 Å². The molecule has 1 amide bonds. The largest absolute Gasteiger partial charge is 0.337 e. The lowest BCUT2D eigenvalue weighted by atomic mass is 9.97. The molecule has 0 saturated carbocycles. The van der Waals surface area contributed by atoms with E-state index >= 15 is 0 Å². The molecule has 0 unspecified atom stereocenters. The summed E-state index contributed by atoms with van der Waals surface area (Å²) < 4.78 is 41.0. The van der Waals surface area contributed by atoms with Gasteiger partial charge in [-0.2, -0.15) is 0 Å². The number of aryl methyl sites for hydroxylation is 1. The van der Waals surface area contributed by atoms with E-state index in [1.54, 1.807) is 13.0 Å². The number of halogens is 3. The summed E-state index contributed by atoms with van der Waals surface area (Å²) in [5.41, 5.74) is 1.75. The number of anilines is 2. The first-order chi connectivity index (χ1) is 10.8. The maximum absolute atomic E-state index is 14.1.